The zero-order chi connectivity index (χ0) is 29.1. The number of anilines is 4. The Kier molecular flexibility index (Phi) is 8.22. The Morgan fingerprint density at radius 1 is 1.12 bits per heavy atom. The summed E-state index contributed by atoms with van der Waals surface area (Å²) in [5.74, 6) is 1.27. The van der Waals surface area contributed by atoms with Gasteiger partial charge in [0.2, 0.25) is 5.91 Å². The van der Waals surface area contributed by atoms with E-state index in [0.29, 0.717) is 41.3 Å². The van der Waals surface area contributed by atoms with Crippen molar-refractivity contribution < 1.29 is 19.1 Å². The first-order chi connectivity index (χ1) is 20.5. The number of ether oxygens (including phenoxy) is 2. The van der Waals surface area contributed by atoms with E-state index in [9.17, 15) is 4.79 Å². The van der Waals surface area contributed by atoms with Crippen molar-refractivity contribution in [2.45, 2.75) is 24.9 Å². The second-order valence-corrected chi connectivity index (χ2v) is 10.8. The summed E-state index contributed by atoms with van der Waals surface area (Å²) in [6, 6.07) is 16.7. The van der Waals surface area contributed by atoms with Gasteiger partial charge in [-0.2, -0.15) is 0 Å². The van der Waals surface area contributed by atoms with E-state index in [4.69, 9.17) is 20.0 Å². The van der Waals surface area contributed by atoms with Gasteiger partial charge in [0.1, 0.15) is 17.9 Å². The van der Waals surface area contributed by atoms with Crippen LogP contribution in [-0.2, 0) is 20.8 Å². The van der Waals surface area contributed by atoms with Crippen LogP contribution in [0, 0.1) is 0 Å². The molecule has 6 rings (SSSR count). The zero-order valence-corrected chi connectivity index (χ0v) is 23.9. The van der Waals surface area contributed by atoms with E-state index in [1.807, 2.05) is 41.5 Å². The Morgan fingerprint density at radius 3 is 2.60 bits per heavy atom. The first-order valence-electron chi connectivity index (χ1n) is 14.3. The number of rotatable bonds is 10. The smallest absolute Gasteiger partial charge is 0.248 e. The van der Waals surface area contributed by atoms with Gasteiger partial charge in [-0.3, -0.25) is 14.5 Å². The SMILES string of the molecule is C=C(C(N)=O)c1cc(Nc2cc(N3OCC[C@@H]3Cc3ccccc3)ncn2)c(OC)cc1N1CCN(C2COC2)CC1. The largest absolute Gasteiger partial charge is 0.494 e. The van der Waals surface area contributed by atoms with Gasteiger partial charge in [-0.1, -0.05) is 36.9 Å². The second-order valence-electron chi connectivity index (χ2n) is 10.8. The third-order valence-corrected chi connectivity index (χ3v) is 8.20. The average Bonchev–Trinajstić information content (AvgIpc) is 3.45. The molecule has 4 heterocycles. The van der Waals surface area contributed by atoms with Gasteiger partial charge in [0.05, 0.1) is 44.7 Å². The number of nitrogens with one attached hydrogen (secondary N) is 1. The lowest BCUT2D eigenvalue weighted by Gasteiger charge is -2.43. The van der Waals surface area contributed by atoms with Crippen molar-refractivity contribution in [2.24, 2.45) is 5.73 Å². The highest BCUT2D eigenvalue weighted by Crippen LogP contribution is 2.39. The topological polar surface area (TPSA) is 118 Å². The molecule has 3 aliphatic rings. The van der Waals surface area contributed by atoms with Crippen LogP contribution in [0.15, 0.2) is 61.4 Å². The van der Waals surface area contributed by atoms with Crippen molar-refractivity contribution in [3.8, 4) is 5.75 Å². The number of methoxy groups -OCH3 is 1. The minimum absolute atomic E-state index is 0.159. The quantitative estimate of drug-likeness (QED) is 0.352. The summed E-state index contributed by atoms with van der Waals surface area (Å²) < 4.78 is 11.2. The summed E-state index contributed by atoms with van der Waals surface area (Å²) in [5.41, 5.74) is 9.36. The Morgan fingerprint density at radius 2 is 1.90 bits per heavy atom. The molecule has 0 radical (unpaired) electrons. The number of benzene rings is 2. The minimum atomic E-state index is -0.572. The van der Waals surface area contributed by atoms with Crippen molar-refractivity contribution in [2.75, 3.05) is 68.4 Å². The number of amides is 1. The molecule has 11 heteroatoms. The van der Waals surface area contributed by atoms with E-state index in [-0.39, 0.29) is 11.6 Å². The molecule has 3 aromatic rings. The molecular weight excluding hydrogens is 534 g/mol. The van der Waals surface area contributed by atoms with Crippen molar-refractivity contribution in [3.05, 3.63) is 72.6 Å². The summed E-state index contributed by atoms with van der Waals surface area (Å²) >= 11 is 0. The number of nitrogens with two attached hydrogens (primary N) is 1. The van der Waals surface area contributed by atoms with Crippen molar-refractivity contribution in [1.29, 1.82) is 0 Å². The highest BCUT2D eigenvalue weighted by molar-refractivity contribution is 6.19. The van der Waals surface area contributed by atoms with Crippen LogP contribution in [-0.4, -0.2) is 86.0 Å². The molecule has 0 spiro atoms. The molecule has 0 unspecified atom stereocenters. The number of piperazine rings is 1. The Balaban J connectivity index is 1.24. The Bertz CT molecular complexity index is 1420. The summed E-state index contributed by atoms with van der Waals surface area (Å²) in [7, 11) is 1.62. The molecule has 0 aliphatic carbocycles. The molecule has 1 atom stereocenters. The number of hydrogen-bond donors (Lipinski definition) is 2. The molecule has 11 nitrogen and oxygen atoms in total. The van der Waals surface area contributed by atoms with E-state index in [0.717, 1.165) is 57.9 Å². The first kappa shape index (κ1) is 28.0. The second kappa shape index (κ2) is 12.4. The first-order valence-corrected chi connectivity index (χ1v) is 14.3. The van der Waals surface area contributed by atoms with E-state index in [2.05, 4.69) is 43.8 Å². The normalized spacial score (nSPS) is 19.4. The van der Waals surface area contributed by atoms with Crippen LogP contribution in [0.5, 0.6) is 5.75 Å². The lowest BCUT2D eigenvalue weighted by Crippen LogP contribution is -2.56. The molecule has 0 bridgehead atoms. The van der Waals surface area contributed by atoms with Crippen molar-refractivity contribution in [1.82, 2.24) is 14.9 Å². The van der Waals surface area contributed by atoms with Crippen molar-refractivity contribution in [3.63, 3.8) is 0 Å². The van der Waals surface area contributed by atoms with Crippen LogP contribution < -0.4 is 25.8 Å². The van der Waals surface area contributed by atoms with E-state index >= 15 is 0 Å². The van der Waals surface area contributed by atoms with Crippen LogP contribution >= 0.6 is 0 Å². The van der Waals surface area contributed by atoms with E-state index in [1.165, 1.54) is 11.9 Å². The predicted octanol–water partition coefficient (Wildman–Crippen LogP) is 3.00. The number of carbonyl (C=O) groups is 1. The number of aromatic nitrogens is 2. The van der Waals surface area contributed by atoms with Crippen LogP contribution in [0.1, 0.15) is 17.5 Å². The maximum absolute atomic E-state index is 12.3. The maximum atomic E-state index is 12.3. The van der Waals surface area contributed by atoms with Gasteiger partial charge < -0.3 is 25.4 Å². The molecule has 0 saturated carbocycles. The van der Waals surface area contributed by atoms with Gasteiger partial charge in [0, 0.05) is 55.1 Å². The molecule has 3 aliphatic heterocycles. The van der Waals surface area contributed by atoms with Gasteiger partial charge >= 0.3 is 0 Å². The van der Waals surface area contributed by atoms with Crippen LogP contribution in [0.4, 0.5) is 23.0 Å². The van der Waals surface area contributed by atoms with Crippen LogP contribution in [0.3, 0.4) is 0 Å². The zero-order valence-electron chi connectivity index (χ0n) is 23.9. The Hall–Kier alpha value is -4.19. The van der Waals surface area contributed by atoms with Gasteiger partial charge in [-0.05, 0) is 24.5 Å². The molecule has 220 valence electrons. The number of hydroxylamine groups is 1. The summed E-state index contributed by atoms with van der Waals surface area (Å²) in [4.78, 5) is 31.9. The van der Waals surface area contributed by atoms with Gasteiger partial charge in [-0.15, -0.1) is 0 Å². The molecule has 2 aromatic carbocycles. The summed E-state index contributed by atoms with van der Waals surface area (Å²) in [5, 5.41) is 5.23. The van der Waals surface area contributed by atoms with Gasteiger partial charge in [-0.25, -0.2) is 15.0 Å². The monoisotopic (exact) mass is 571 g/mol. The molecule has 42 heavy (non-hydrogen) atoms. The number of carbonyl (C=O) groups excluding carboxylic acids is 1. The van der Waals surface area contributed by atoms with Crippen LogP contribution in [0.2, 0.25) is 0 Å². The standard InChI is InChI=1S/C31H37N7O4/c1-21(31(32)39)25-15-26(28(40-2)16-27(25)37-11-9-36(10-12-37)24-18-41-19-24)35-29-17-30(34-20-33-29)38-23(8-13-42-38)14-22-6-4-3-5-7-22/h3-7,15-17,20,23-24H,1,8-14,18-19H2,2H3,(H2,32,39)(H,33,34,35)/t23-/m1/s1. The molecule has 3 saturated heterocycles. The summed E-state index contributed by atoms with van der Waals surface area (Å²) in [6.45, 7) is 9.65. The fraction of sp³-hybridized carbons (Fsp3) is 0.387. The Labute approximate surface area is 245 Å². The third-order valence-electron chi connectivity index (χ3n) is 8.20. The molecule has 3 fully saturated rings. The molecular formula is C31H37N7O4. The number of primary amides is 1. The molecule has 3 N–H and O–H groups in total. The average molecular weight is 572 g/mol. The molecule has 1 amide bonds. The predicted molar refractivity (Wildman–Crippen MR) is 162 cm³/mol. The third kappa shape index (κ3) is 5.89. The van der Waals surface area contributed by atoms with Crippen LogP contribution in [0.25, 0.3) is 5.57 Å². The fourth-order valence-corrected chi connectivity index (χ4v) is 5.74. The highest BCUT2D eigenvalue weighted by atomic mass is 16.7. The van der Waals surface area contributed by atoms with Crippen molar-refractivity contribution >= 4 is 34.5 Å². The number of nitrogens with zero attached hydrogens (tertiary/aromatic N) is 5. The van der Waals surface area contributed by atoms with E-state index < -0.39 is 5.91 Å². The summed E-state index contributed by atoms with van der Waals surface area (Å²) in [6.07, 6.45) is 3.26. The minimum Gasteiger partial charge on any atom is -0.494 e. The fourth-order valence-electron chi connectivity index (χ4n) is 5.74. The lowest BCUT2D eigenvalue weighted by atomic mass is 10.0. The maximum Gasteiger partial charge on any atom is 0.248 e. The molecule has 1 aromatic heterocycles. The number of hydrogen-bond acceptors (Lipinski definition) is 10. The van der Waals surface area contributed by atoms with Gasteiger partial charge in [0.15, 0.2) is 5.82 Å². The highest BCUT2D eigenvalue weighted by Gasteiger charge is 2.31. The van der Waals surface area contributed by atoms with E-state index in [1.54, 1.807) is 7.11 Å². The lowest BCUT2D eigenvalue weighted by molar-refractivity contribution is -0.112. The van der Waals surface area contributed by atoms with Gasteiger partial charge in [0.25, 0.3) is 0 Å².